The molecule has 2 aromatic carbocycles. The zero-order chi connectivity index (χ0) is 11.8. The summed E-state index contributed by atoms with van der Waals surface area (Å²) in [5, 5.41) is 0.700. The fourth-order valence-electron chi connectivity index (χ4n) is 2.41. The van der Waals surface area contributed by atoms with Crippen molar-refractivity contribution in [3.63, 3.8) is 0 Å². The molecule has 0 saturated carbocycles. The number of aryl methyl sites for hydroxylation is 1. The van der Waals surface area contributed by atoms with Gasteiger partial charge in [0.15, 0.2) is 5.78 Å². The third kappa shape index (κ3) is 1.77. The van der Waals surface area contributed by atoms with E-state index in [0.29, 0.717) is 11.4 Å². The number of hydrogen-bond donors (Lipinski definition) is 0. The molecule has 0 saturated heterocycles. The van der Waals surface area contributed by atoms with E-state index in [1.165, 1.54) is 0 Å². The number of halogens is 1. The van der Waals surface area contributed by atoms with E-state index < -0.39 is 0 Å². The average Bonchev–Trinajstić information content (AvgIpc) is 2.71. The van der Waals surface area contributed by atoms with Gasteiger partial charge in [0.05, 0.1) is 0 Å². The molecule has 0 spiro atoms. The van der Waals surface area contributed by atoms with Gasteiger partial charge in [-0.2, -0.15) is 0 Å². The zero-order valence-corrected chi connectivity index (χ0v) is 10.00. The summed E-state index contributed by atoms with van der Waals surface area (Å²) in [7, 11) is 0. The van der Waals surface area contributed by atoms with Crippen LogP contribution in [0.2, 0.25) is 5.02 Å². The summed E-state index contributed by atoms with van der Waals surface area (Å²) in [4.78, 5) is 11.9. The maximum atomic E-state index is 11.9. The smallest absolute Gasteiger partial charge is 0.164 e. The van der Waals surface area contributed by atoms with Crippen LogP contribution < -0.4 is 0 Å². The van der Waals surface area contributed by atoms with Crippen LogP contribution in [-0.4, -0.2) is 5.78 Å². The summed E-state index contributed by atoms with van der Waals surface area (Å²) in [5.74, 6) is 0.246. The molecule has 1 aliphatic rings. The maximum Gasteiger partial charge on any atom is 0.164 e. The van der Waals surface area contributed by atoms with Gasteiger partial charge in [-0.25, -0.2) is 0 Å². The molecule has 0 N–H and O–H groups in total. The Morgan fingerprint density at radius 1 is 1.00 bits per heavy atom. The minimum absolute atomic E-state index is 0.246. The number of Topliss-reactive ketones (excluding diaryl/α,β-unsaturated/α-hetero) is 1. The fraction of sp³-hybridized carbons (Fsp3) is 0.133. The molecule has 0 amide bonds. The molecule has 0 heterocycles. The Kier molecular flexibility index (Phi) is 2.49. The molecule has 0 aromatic heterocycles. The first kappa shape index (κ1) is 10.5. The second-order valence-corrected chi connectivity index (χ2v) is 4.71. The molecule has 1 aliphatic carbocycles. The second kappa shape index (κ2) is 4.01. The van der Waals surface area contributed by atoms with Crippen LogP contribution in [0.25, 0.3) is 11.1 Å². The van der Waals surface area contributed by atoms with Gasteiger partial charge >= 0.3 is 0 Å². The predicted octanol–water partition coefficient (Wildman–Crippen LogP) is 4.14. The summed E-state index contributed by atoms with van der Waals surface area (Å²) in [5.41, 5.74) is 4.07. The number of rotatable bonds is 1. The number of carbonyl (C=O) groups is 1. The highest BCUT2D eigenvalue weighted by molar-refractivity contribution is 6.30. The lowest BCUT2D eigenvalue weighted by Crippen LogP contribution is -1.95. The van der Waals surface area contributed by atoms with Crippen molar-refractivity contribution >= 4 is 17.4 Å². The minimum atomic E-state index is 0.246. The molecule has 0 unspecified atom stereocenters. The van der Waals surface area contributed by atoms with Gasteiger partial charge in [0.2, 0.25) is 0 Å². The van der Waals surface area contributed by atoms with Crippen LogP contribution in [0, 0.1) is 0 Å². The van der Waals surface area contributed by atoms with E-state index in [-0.39, 0.29) is 5.78 Å². The average molecular weight is 243 g/mol. The molecule has 0 aliphatic heterocycles. The van der Waals surface area contributed by atoms with Gasteiger partial charge in [-0.1, -0.05) is 41.9 Å². The first-order valence-electron chi connectivity index (χ1n) is 5.67. The zero-order valence-electron chi connectivity index (χ0n) is 9.24. The molecule has 0 bridgehead atoms. The van der Waals surface area contributed by atoms with Gasteiger partial charge in [-0.15, -0.1) is 0 Å². The van der Waals surface area contributed by atoms with Crippen LogP contribution in [0.4, 0.5) is 0 Å². The van der Waals surface area contributed by atoms with Crippen molar-refractivity contribution in [2.24, 2.45) is 0 Å². The van der Waals surface area contributed by atoms with Gasteiger partial charge in [-0.05, 0) is 35.2 Å². The largest absolute Gasteiger partial charge is 0.294 e. The predicted molar refractivity (Wildman–Crippen MR) is 69.5 cm³/mol. The number of carbonyl (C=O) groups excluding carboxylic acids is 1. The highest BCUT2D eigenvalue weighted by Gasteiger charge is 2.22. The number of fused-ring (bicyclic) bond motifs is 1. The Hall–Kier alpha value is -1.60. The van der Waals surface area contributed by atoms with E-state index in [2.05, 4.69) is 0 Å². The lowest BCUT2D eigenvalue weighted by atomic mass is 9.97. The van der Waals surface area contributed by atoms with Crippen molar-refractivity contribution in [2.75, 3.05) is 0 Å². The van der Waals surface area contributed by atoms with Crippen molar-refractivity contribution < 1.29 is 4.79 Å². The SMILES string of the molecule is O=C1CCc2cccc(-c3cccc(Cl)c3)c21. The van der Waals surface area contributed by atoms with Crippen molar-refractivity contribution in [3.8, 4) is 11.1 Å². The highest BCUT2D eigenvalue weighted by atomic mass is 35.5. The molecule has 3 rings (SSSR count). The monoisotopic (exact) mass is 242 g/mol. The molecule has 2 heteroatoms. The lowest BCUT2D eigenvalue weighted by molar-refractivity contribution is 0.0995. The van der Waals surface area contributed by atoms with Crippen LogP contribution in [0.1, 0.15) is 22.3 Å². The standard InChI is InChI=1S/C15H11ClO/c16-12-5-1-4-11(9-12)13-6-2-3-10-7-8-14(17)15(10)13/h1-6,9H,7-8H2. The fourth-order valence-corrected chi connectivity index (χ4v) is 2.60. The maximum absolute atomic E-state index is 11.9. The Balaban J connectivity index is 2.23. The topological polar surface area (TPSA) is 17.1 Å². The van der Waals surface area contributed by atoms with Crippen LogP contribution in [0.15, 0.2) is 42.5 Å². The van der Waals surface area contributed by atoms with Gasteiger partial charge in [0.1, 0.15) is 0 Å². The van der Waals surface area contributed by atoms with E-state index in [9.17, 15) is 4.79 Å². The van der Waals surface area contributed by atoms with E-state index >= 15 is 0 Å². The first-order chi connectivity index (χ1) is 8.25. The first-order valence-corrected chi connectivity index (χ1v) is 6.04. The third-order valence-corrected chi connectivity index (χ3v) is 3.42. The number of ketones is 1. The van der Waals surface area contributed by atoms with E-state index in [0.717, 1.165) is 28.7 Å². The van der Waals surface area contributed by atoms with Crippen molar-refractivity contribution in [1.82, 2.24) is 0 Å². The van der Waals surface area contributed by atoms with E-state index in [1.807, 2.05) is 42.5 Å². The van der Waals surface area contributed by atoms with Crippen molar-refractivity contribution in [1.29, 1.82) is 0 Å². The summed E-state index contributed by atoms with van der Waals surface area (Å²) in [6, 6.07) is 13.7. The quantitative estimate of drug-likeness (QED) is 0.735. The lowest BCUT2D eigenvalue weighted by Gasteiger charge is -2.07. The number of hydrogen-bond acceptors (Lipinski definition) is 1. The Labute approximate surface area is 105 Å². The van der Waals surface area contributed by atoms with Crippen molar-refractivity contribution in [3.05, 3.63) is 58.6 Å². The van der Waals surface area contributed by atoms with Crippen LogP contribution in [0.5, 0.6) is 0 Å². The molecule has 0 atom stereocenters. The van der Waals surface area contributed by atoms with E-state index in [1.54, 1.807) is 0 Å². The second-order valence-electron chi connectivity index (χ2n) is 4.27. The minimum Gasteiger partial charge on any atom is -0.294 e. The molecule has 0 fully saturated rings. The molecule has 17 heavy (non-hydrogen) atoms. The Bertz CT molecular complexity index is 602. The molecule has 2 aromatic rings. The van der Waals surface area contributed by atoms with Crippen LogP contribution >= 0.6 is 11.6 Å². The highest BCUT2D eigenvalue weighted by Crippen LogP contribution is 2.33. The molecular weight excluding hydrogens is 232 g/mol. The number of benzene rings is 2. The van der Waals surface area contributed by atoms with Gasteiger partial charge in [0.25, 0.3) is 0 Å². The summed E-state index contributed by atoms with van der Waals surface area (Å²) < 4.78 is 0. The molecule has 84 valence electrons. The Morgan fingerprint density at radius 2 is 1.82 bits per heavy atom. The van der Waals surface area contributed by atoms with E-state index in [4.69, 9.17) is 11.6 Å². The third-order valence-electron chi connectivity index (χ3n) is 3.19. The molecule has 0 radical (unpaired) electrons. The molecule has 1 nitrogen and oxygen atoms in total. The Morgan fingerprint density at radius 3 is 2.65 bits per heavy atom. The summed E-state index contributed by atoms with van der Waals surface area (Å²) >= 11 is 6.00. The van der Waals surface area contributed by atoms with Gasteiger partial charge in [0, 0.05) is 17.0 Å². The summed E-state index contributed by atoms with van der Waals surface area (Å²) in [6.45, 7) is 0. The van der Waals surface area contributed by atoms with Crippen LogP contribution in [0.3, 0.4) is 0 Å². The van der Waals surface area contributed by atoms with Crippen molar-refractivity contribution in [2.45, 2.75) is 12.8 Å². The van der Waals surface area contributed by atoms with Gasteiger partial charge < -0.3 is 0 Å². The summed E-state index contributed by atoms with van der Waals surface area (Å²) in [6.07, 6.45) is 1.50. The normalized spacial score (nSPS) is 13.8. The molecular formula is C15H11ClO. The van der Waals surface area contributed by atoms with Crippen LogP contribution in [-0.2, 0) is 6.42 Å². The van der Waals surface area contributed by atoms with Gasteiger partial charge in [-0.3, -0.25) is 4.79 Å².